The Morgan fingerprint density at radius 2 is 1.95 bits per heavy atom. The Labute approximate surface area is 127 Å². The maximum Gasteiger partial charge on any atom is 0.160 e. The van der Waals surface area contributed by atoms with E-state index in [-0.39, 0.29) is 11.8 Å². The summed E-state index contributed by atoms with van der Waals surface area (Å²) < 4.78 is 6.24. The molecule has 4 heteroatoms. The van der Waals surface area contributed by atoms with E-state index in [1.165, 1.54) is 5.56 Å². The fourth-order valence-corrected chi connectivity index (χ4v) is 2.28. The SMILES string of the molecule is COc1cc(C(C)Nc2ccc(Br)c(C)c2)ccc1O. The molecule has 3 nitrogen and oxygen atoms in total. The summed E-state index contributed by atoms with van der Waals surface area (Å²) in [5.41, 5.74) is 3.30. The summed E-state index contributed by atoms with van der Waals surface area (Å²) in [5.74, 6) is 0.645. The summed E-state index contributed by atoms with van der Waals surface area (Å²) in [6.45, 7) is 4.13. The molecular weight excluding hydrogens is 318 g/mol. The minimum atomic E-state index is 0.116. The lowest BCUT2D eigenvalue weighted by Crippen LogP contribution is -2.06. The highest BCUT2D eigenvalue weighted by molar-refractivity contribution is 9.10. The summed E-state index contributed by atoms with van der Waals surface area (Å²) in [6, 6.07) is 11.7. The molecule has 0 radical (unpaired) electrons. The molecule has 2 N–H and O–H groups in total. The number of nitrogens with one attached hydrogen (secondary N) is 1. The Balaban J connectivity index is 2.19. The number of phenols is 1. The summed E-state index contributed by atoms with van der Waals surface area (Å²) >= 11 is 3.50. The summed E-state index contributed by atoms with van der Waals surface area (Å²) in [4.78, 5) is 0. The van der Waals surface area contributed by atoms with Gasteiger partial charge in [-0.2, -0.15) is 0 Å². The summed E-state index contributed by atoms with van der Waals surface area (Å²) in [6.07, 6.45) is 0. The quantitative estimate of drug-likeness (QED) is 0.854. The van der Waals surface area contributed by atoms with Crippen molar-refractivity contribution in [3.05, 3.63) is 52.0 Å². The van der Waals surface area contributed by atoms with Crippen molar-refractivity contribution >= 4 is 21.6 Å². The molecule has 2 aromatic carbocycles. The van der Waals surface area contributed by atoms with Crippen molar-refractivity contribution < 1.29 is 9.84 Å². The Morgan fingerprint density at radius 3 is 2.60 bits per heavy atom. The van der Waals surface area contributed by atoms with Crippen molar-refractivity contribution in [3.8, 4) is 11.5 Å². The van der Waals surface area contributed by atoms with E-state index in [0.29, 0.717) is 5.75 Å². The number of halogens is 1. The van der Waals surface area contributed by atoms with Crippen LogP contribution >= 0.6 is 15.9 Å². The average molecular weight is 336 g/mol. The second-order valence-corrected chi connectivity index (χ2v) is 5.62. The van der Waals surface area contributed by atoms with E-state index in [0.717, 1.165) is 15.7 Å². The first-order valence-electron chi connectivity index (χ1n) is 6.41. The van der Waals surface area contributed by atoms with Crippen molar-refractivity contribution in [2.24, 2.45) is 0 Å². The molecule has 1 atom stereocenters. The first-order valence-corrected chi connectivity index (χ1v) is 7.20. The number of benzene rings is 2. The van der Waals surface area contributed by atoms with Gasteiger partial charge in [-0.25, -0.2) is 0 Å². The van der Waals surface area contributed by atoms with Gasteiger partial charge >= 0.3 is 0 Å². The van der Waals surface area contributed by atoms with Crippen LogP contribution in [0.2, 0.25) is 0 Å². The average Bonchev–Trinajstić information content (AvgIpc) is 2.43. The van der Waals surface area contributed by atoms with Crippen LogP contribution in [0.3, 0.4) is 0 Å². The molecule has 2 rings (SSSR count). The molecule has 20 heavy (non-hydrogen) atoms. The minimum absolute atomic E-state index is 0.116. The van der Waals surface area contributed by atoms with E-state index in [1.807, 2.05) is 24.3 Å². The predicted octanol–water partition coefficient (Wildman–Crippen LogP) is 4.64. The number of phenolic OH excluding ortho intramolecular Hbond substituents is 1. The second-order valence-electron chi connectivity index (χ2n) is 4.76. The van der Waals surface area contributed by atoms with Crippen LogP contribution in [0.25, 0.3) is 0 Å². The van der Waals surface area contributed by atoms with Crippen LogP contribution in [0, 0.1) is 6.92 Å². The van der Waals surface area contributed by atoms with E-state index >= 15 is 0 Å². The minimum Gasteiger partial charge on any atom is -0.504 e. The van der Waals surface area contributed by atoms with Gasteiger partial charge in [-0.1, -0.05) is 22.0 Å². The van der Waals surface area contributed by atoms with Crippen LogP contribution in [0.5, 0.6) is 11.5 Å². The zero-order valence-corrected chi connectivity index (χ0v) is 13.4. The normalized spacial score (nSPS) is 12.0. The number of anilines is 1. The highest BCUT2D eigenvalue weighted by atomic mass is 79.9. The third kappa shape index (κ3) is 3.25. The maximum absolute atomic E-state index is 9.62. The second kappa shape index (κ2) is 6.18. The molecule has 0 spiro atoms. The van der Waals surface area contributed by atoms with Crippen molar-refractivity contribution in [2.45, 2.75) is 19.9 Å². The topological polar surface area (TPSA) is 41.5 Å². The molecule has 106 valence electrons. The Kier molecular flexibility index (Phi) is 4.55. The molecule has 0 saturated heterocycles. The Bertz CT molecular complexity index is 613. The Morgan fingerprint density at radius 1 is 1.20 bits per heavy atom. The predicted molar refractivity (Wildman–Crippen MR) is 85.6 cm³/mol. The number of hydrogen-bond acceptors (Lipinski definition) is 3. The molecule has 1 unspecified atom stereocenters. The van der Waals surface area contributed by atoms with Crippen molar-refractivity contribution in [2.75, 3.05) is 12.4 Å². The van der Waals surface area contributed by atoms with Crippen LogP contribution in [0.15, 0.2) is 40.9 Å². The van der Waals surface area contributed by atoms with Crippen molar-refractivity contribution in [3.63, 3.8) is 0 Å². The van der Waals surface area contributed by atoms with Crippen LogP contribution in [0.1, 0.15) is 24.1 Å². The highest BCUT2D eigenvalue weighted by Crippen LogP contribution is 2.30. The lowest BCUT2D eigenvalue weighted by atomic mass is 10.1. The highest BCUT2D eigenvalue weighted by Gasteiger charge is 2.09. The zero-order valence-electron chi connectivity index (χ0n) is 11.8. The number of rotatable bonds is 4. The standard InChI is InChI=1S/C16H18BrNO2/c1-10-8-13(5-6-14(10)17)18-11(2)12-4-7-15(19)16(9-12)20-3/h4-9,11,18-19H,1-3H3. The third-order valence-corrected chi connectivity index (χ3v) is 4.13. The number of aryl methyl sites for hydroxylation is 1. The molecule has 0 heterocycles. The Hall–Kier alpha value is -1.68. The number of ether oxygens (including phenoxy) is 1. The maximum atomic E-state index is 9.62. The van der Waals surface area contributed by atoms with Crippen molar-refractivity contribution in [1.29, 1.82) is 0 Å². The fraction of sp³-hybridized carbons (Fsp3) is 0.250. The number of methoxy groups -OCH3 is 1. The van der Waals surface area contributed by atoms with Gasteiger partial charge in [0, 0.05) is 16.2 Å². The lowest BCUT2D eigenvalue weighted by Gasteiger charge is -2.17. The number of aromatic hydroxyl groups is 1. The van der Waals surface area contributed by atoms with E-state index in [1.54, 1.807) is 13.2 Å². The van der Waals surface area contributed by atoms with Gasteiger partial charge in [-0.05, 0) is 55.3 Å². The molecule has 0 amide bonds. The van der Waals surface area contributed by atoms with Gasteiger partial charge in [-0.15, -0.1) is 0 Å². The van der Waals surface area contributed by atoms with Gasteiger partial charge in [-0.3, -0.25) is 0 Å². The largest absolute Gasteiger partial charge is 0.504 e. The van der Waals surface area contributed by atoms with Gasteiger partial charge in [0.2, 0.25) is 0 Å². The van der Waals surface area contributed by atoms with E-state index < -0.39 is 0 Å². The fourth-order valence-electron chi connectivity index (χ4n) is 2.03. The molecule has 0 aromatic heterocycles. The summed E-state index contributed by atoms with van der Waals surface area (Å²) in [5, 5.41) is 13.1. The van der Waals surface area contributed by atoms with Gasteiger partial charge in [0.15, 0.2) is 11.5 Å². The monoisotopic (exact) mass is 335 g/mol. The third-order valence-electron chi connectivity index (χ3n) is 3.24. The van der Waals surface area contributed by atoms with Gasteiger partial charge in [0.25, 0.3) is 0 Å². The van der Waals surface area contributed by atoms with Crippen LogP contribution in [-0.2, 0) is 0 Å². The first kappa shape index (κ1) is 14.7. The number of hydrogen-bond donors (Lipinski definition) is 2. The molecule has 0 bridgehead atoms. The van der Waals surface area contributed by atoms with Gasteiger partial charge < -0.3 is 15.2 Å². The van der Waals surface area contributed by atoms with Crippen molar-refractivity contribution in [1.82, 2.24) is 0 Å². The van der Waals surface area contributed by atoms with E-state index in [2.05, 4.69) is 41.2 Å². The smallest absolute Gasteiger partial charge is 0.160 e. The molecule has 0 fully saturated rings. The molecular formula is C16H18BrNO2. The molecule has 0 aliphatic heterocycles. The zero-order chi connectivity index (χ0) is 14.7. The summed E-state index contributed by atoms with van der Waals surface area (Å²) in [7, 11) is 1.55. The van der Waals surface area contributed by atoms with Crippen LogP contribution < -0.4 is 10.1 Å². The van der Waals surface area contributed by atoms with Gasteiger partial charge in [0.1, 0.15) is 0 Å². The van der Waals surface area contributed by atoms with E-state index in [9.17, 15) is 5.11 Å². The first-order chi connectivity index (χ1) is 9.51. The van der Waals surface area contributed by atoms with Crippen LogP contribution in [-0.4, -0.2) is 12.2 Å². The molecule has 0 aliphatic rings. The van der Waals surface area contributed by atoms with Crippen LogP contribution in [0.4, 0.5) is 5.69 Å². The molecule has 2 aromatic rings. The van der Waals surface area contributed by atoms with Gasteiger partial charge in [0.05, 0.1) is 7.11 Å². The molecule has 0 saturated carbocycles. The lowest BCUT2D eigenvalue weighted by molar-refractivity contribution is 0.373. The van der Waals surface area contributed by atoms with E-state index in [4.69, 9.17) is 4.74 Å². The molecule has 0 aliphatic carbocycles.